The number of hydrogen-bond acceptors (Lipinski definition) is 2. The fraction of sp³-hybridized carbons (Fsp3) is 0.933. The lowest BCUT2D eigenvalue weighted by molar-refractivity contribution is -0.122. The van der Waals surface area contributed by atoms with Crippen molar-refractivity contribution in [2.45, 2.75) is 51.5 Å². The van der Waals surface area contributed by atoms with Gasteiger partial charge in [-0.1, -0.05) is 0 Å². The topological polar surface area (TPSA) is 41.1 Å². The van der Waals surface area contributed by atoms with Crippen LogP contribution in [0.4, 0.5) is 0 Å². The second-order valence-corrected chi connectivity index (χ2v) is 7.13. The zero-order valence-corrected chi connectivity index (χ0v) is 11.7. The third kappa shape index (κ3) is 2.18. The minimum absolute atomic E-state index is 0.0528. The average Bonchev–Trinajstić information content (AvgIpc) is 2.33. The number of carbonyl (C=O) groups excluding carboxylic acids is 1. The monoisotopic (exact) mass is 250 g/mol. The third-order valence-electron chi connectivity index (χ3n) is 5.59. The Morgan fingerprint density at radius 1 is 1.17 bits per heavy atom. The lowest BCUT2D eigenvalue weighted by Crippen LogP contribution is -2.53. The lowest BCUT2D eigenvalue weighted by atomic mass is 9.49. The second kappa shape index (κ2) is 4.52. The highest BCUT2D eigenvalue weighted by Crippen LogP contribution is 2.59. The summed E-state index contributed by atoms with van der Waals surface area (Å²) in [4.78, 5) is 11.6. The summed E-state index contributed by atoms with van der Waals surface area (Å²) in [6.45, 7) is 3.02. The van der Waals surface area contributed by atoms with Crippen LogP contribution in [0.3, 0.4) is 0 Å². The van der Waals surface area contributed by atoms with E-state index >= 15 is 0 Å². The zero-order chi connectivity index (χ0) is 12.8. The van der Waals surface area contributed by atoms with Gasteiger partial charge in [-0.3, -0.25) is 4.79 Å². The Kier molecular flexibility index (Phi) is 3.13. The Morgan fingerprint density at radius 3 is 2.11 bits per heavy atom. The maximum atomic E-state index is 11.6. The molecule has 4 saturated carbocycles. The van der Waals surface area contributed by atoms with Crippen LogP contribution in [0.5, 0.6) is 0 Å². The van der Waals surface area contributed by atoms with Crippen LogP contribution in [-0.4, -0.2) is 25.5 Å². The van der Waals surface area contributed by atoms with Gasteiger partial charge >= 0.3 is 0 Å². The van der Waals surface area contributed by atoms with Crippen LogP contribution in [0.15, 0.2) is 0 Å². The molecule has 1 unspecified atom stereocenters. The molecule has 4 aliphatic rings. The number of likely N-dealkylation sites (N-methyl/N-ethyl adjacent to an activating group) is 1. The molecule has 18 heavy (non-hydrogen) atoms. The second-order valence-electron chi connectivity index (χ2n) is 7.13. The summed E-state index contributed by atoms with van der Waals surface area (Å²) in [6.07, 6.45) is 8.70. The van der Waals surface area contributed by atoms with Crippen molar-refractivity contribution >= 4 is 5.91 Å². The molecule has 1 amide bonds. The lowest BCUT2D eigenvalue weighted by Gasteiger charge is -2.57. The number of hydrogen-bond donors (Lipinski definition) is 2. The highest BCUT2D eigenvalue weighted by Gasteiger charge is 2.50. The van der Waals surface area contributed by atoms with Gasteiger partial charge in [-0.05, 0) is 68.6 Å². The molecule has 0 aromatic carbocycles. The largest absolute Gasteiger partial charge is 0.358 e. The first-order valence-corrected chi connectivity index (χ1v) is 7.55. The van der Waals surface area contributed by atoms with Crippen molar-refractivity contribution in [1.82, 2.24) is 10.6 Å². The minimum Gasteiger partial charge on any atom is -0.358 e. The molecular formula is C15H26N2O. The summed E-state index contributed by atoms with van der Waals surface area (Å²) in [5, 5.41) is 6.20. The van der Waals surface area contributed by atoms with Crippen LogP contribution in [0.2, 0.25) is 0 Å². The third-order valence-corrected chi connectivity index (χ3v) is 5.59. The van der Waals surface area contributed by atoms with Crippen LogP contribution < -0.4 is 10.6 Å². The molecule has 0 aliphatic heterocycles. The van der Waals surface area contributed by atoms with E-state index in [1.54, 1.807) is 7.05 Å². The molecule has 102 valence electrons. The van der Waals surface area contributed by atoms with Crippen molar-refractivity contribution in [3.8, 4) is 0 Å². The molecule has 4 fully saturated rings. The fourth-order valence-corrected chi connectivity index (χ4v) is 5.19. The van der Waals surface area contributed by atoms with Gasteiger partial charge in [0.1, 0.15) is 0 Å². The van der Waals surface area contributed by atoms with Crippen molar-refractivity contribution in [1.29, 1.82) is 0 Å². The smallest absolute Gasteiger partial charge is 0.236 e. The molecule has 2 N–H and O–H groups in total. The molecule has 4 aliphatic carbocycles. The van der Waals surface area contributed by atoms with Gasteiger partial charge < -0.3 is 10.6 Å². The highest BCUT2D eigenvalue weighted by molar-refractivity contribution is 5.80. The summed E-state index contributed by atoms with van der Waals surface area (Å²) >= 11 is 0. The van der Waals surface area contributed by atoms with E-state index in [1.165, 1.54) is 38.5 Å². The maximum Gasteiger partial charge on any atom is 0.236 e. The highest BCUT2D eigenvalue weighted by atomic mass is 16.2. The predicted molar refractivity (Wildman–Crippen MR) is 72.1 cm³/mol. The van der Waals surface area contributed by atoms with Gasteiger partial charge in [0.25, 0.3) is 0 Å². The Balaban J connectivity index is 1.60. The first kappa shape index (κ1) is 12.5. The van der Waals surface area contributed by atoms with Gasteiger partial charge in [0.2, 0.25) is 5.91 Å². The van der Waals surface area contributed by atoms with E-state index in [0.29, 0.717) is 5.41 Å². The van der Waals surface area contributed by atoms with Gasteiger partial charge in [-0.2, -0.15) is 0 Å². The van der Waals surface area contributed by atoms with Crippen molar-refractivity contribution in [3.05, 3.63) is 0 Å². The van der Waals surface area contributed by atoms with Gasteiger partial charge in [0, 0.05) is 13.6 Å². The molecule has 0 saturated heterocycles. The molecule has 0 radical (unpaired) electrons. The quantitative estimate of drug-likeness (QED) is 0.800. The van der Waals surface area contributed by atoms with Crippen LogP contribution in [0.1, 0.15) is 45.4 Å². The predicted octanol–water partition coefficient (Wildman–Crippen LogP) is 1.93. The normalized spacial score (nSPS) is 42.9. The molecule has 4 bridgehead atoms. The van der Waals surface area contributed by atoms with E-state index in [9.17, 15) is 4.79 Å². The van der Waals surface area contributed by atoms with Gasteiger partial charge in [-0.25, -0.2) is 0 Å². The van der Waals surface area contributed by atoms with Crippen molar-refractivity contribution < 1.29 is 4.79 Å². The summed E-state index contributed by atoms with van der Waals surface area (Å²) < 4.78 is 0. The molecule has 4 rings (SSSR count). The van der Waals surface area contributed by atoms with E-state index in [1.807, 2.05) is 6.92 Å². The number of rotatable bonds is 4. The SMILES string of the molecule is CNC(=O)C(C)NCC12CC3CC(CC(C3)C1)C2. The summed E-state index contributed by atoms with van der Waals surface area (Å²) in [7, 11) is 1.71. The van der Waals surface area contributed by atoms with Crippen molar-refractivity contribution in [3.63, 3.8) is 0 Å². The van der Waals surface area contributed by atoms with E-state index in [0.717, 1.165) is 24.3 Å². The number of amides is 1. The van der Waals surface area contributed by atoms with Crippen molar-refractivity contribution in [2.75, 3.05) is 13.6 Å². The minimum atomic E-state index is -0.0528. The first-order chi connectivity index (χ1) is 8.60. The summed E-state index contributed by atoms with van der Waals surface area (Å²) in [6, 6.07) is -0.0528. The maximum absolute atomic E-state index is 11.6. The Bertz CT molecular complexity index is 304. The van der Waals surface area contributed by atoms with Crippen LogP contribution in [0.25, 0.3) is 0 Å². The van der Waals surface area contributed by atoms with Gasteiger partial charge in [0.05, 0.1) is 6.04 Å². The van der Waals surface area contributed by atoms with Gasteiger partial charge in [-0.15, -0.1) is 0 Å². The molecule has 0 heterocycles. The summed E-state index contributed by atoms with van der Waals surface area (Å²) in [5.74, 6) is 3.09. The molecule has 3 heteroatoms. The molecule has 3 nitrogen and oxygen atoms in total. The number of carbonyl (C=O) groups is 1. The first-order valence-electron chi connectivity index (χ1n) is 7.55. The Labute approximate surface area is 110 Å². The van der Waals surface area contributed by atoms with E-state index in [-0.39, 0.29) is 11.9 Å². The molecule has 0 spiro atoms. The molecule has 0 aromatic rings. The average molecular weight is 250 g/mol. The zero-order valence-electron chi connectivity index (χ0n) is 11.7. The molecular weight excluding hydrogens is 224 g/mol. The van der Waals surface area contributed by atoms with E-state index in [2.05, 4.69) is 10.6 Å². The fourth-order valence-electron chi connectivity index (χ4n) is 5.19. The van der Waals surface area contributed by atoms with E-state index in [4.69, 9.17) is 0 Å². The van der Waals surface area contributed by atoms with Gasteiger partial charge in [0.15, 0.2) is 0 Å². The Morgan fingerprint density at radius 2 is 1.67 bits per heavy atom. The Hall–Kier alpha value is -0.570. The van der Waals surface area contributed by atoms with Crippen LogP contribution in [-0.2, 0) is 4.79 Å². The molecule has 0 aromatic heterocycles. The standard InChI is InChI=1S/C15H26N2O/c1-10(14(18)16-2)17-9-15-6-11-3-12(7-15)5-13(4-11)8-15/h10-13,17H,3-9H2,1-2H3,(H,16,18). The van der Waals surface area contributed by atoms with Crippen LogP contribution >= 0.6 is 0 Å². The van der Waals surface area contributed by atoms with E-state index < -0.39 is 0 Å². The molecule has 1 atom stereocenters. The van der Waals surface area contributed by atoms with Crippen molar-refractivity contribution in [2.24, 2.45) is 23.2 Å². The summed E-state index contributed by atoms with van der Waals surface area (Å²) in [5.41, 5.74) is 0.525. The number of nitrogens with one attached hydrogen (secondary N) is 2. The van der Waals surface area contributed by atoms with Crippen LogP contribution in [0, 0.1) is 23.2 Å².